The Labute approximate surface area is 138 Å². The molecule has 1 fully saturated rings. The summed E-state index contributed by atoms with van der Waals surface area (Å²) in [5.74, 6) is -2.56. The summed E-state index contributed by atoms with van der Waals surface area (Å²) < 4.78 is 0. The Morgan fingerprint density at radius 2 is 1.56 bits per heavy atom. The fourth-order valence-electron chi connectivity index (χ4n) is 2.63. The van der Waals surface area contributed by atoms with Crippen molar-refractivity contribution in [2.75, 3.05) is 0 Å². The fourth-order valence-corrected chi connectivity index (χ4v) is 2.63. The van der Waals surface area contributed by atoms with Gasteiger partial charge in [-0.15, -0.1) is 0 Å². The van der Waals surface area contributed by atoms with Gasteiger partial charge in [-0.2, -0.15) is 0 Å². The third-order valence-electron chi connectivity index (χ3n) is 3.62. The van der Waals surface area contributed by atoms with Crippen molar-refractivity contribution in [2.45, 2.75) is 45.4 Å². The minimum atomic E-state index is -1.56. The van der Waals surface area contributed by atoms with Crippen molar-refractivity contribution in [1.82, 2.24) is 0 Å². The van der Waals surface area contributed by atoms with E-state index in [1.807, 2.05) is 0 Å². The van der Waals surface area contributed by atoms with Crippen molar-refractivity contribution in [1.29, 1.82) is 0 Å². The molecule has 0 amide bonds. The van der Waals surface area contributed by atoms with Gasteiger partial charge in [0.05, 0.1) is 0 Å². The van der Waals surface area contributed by atoms with Crippen LogP contribution >= 0.6 is 0 Å². The van der Waals surface area contributed by atoms with Crippen molar-refractivity contribution in [3.05, 3.63) is 0 Å². The van der Waals surface area contributed by atoms with E-state index >= 15 is 0 Å². The first kappa shape index (κ1) is 16.6. The Morgan fingerprint density at radius 3 is 1.88 bits per heavy atom. The van der Waals surface area contributed by atoms with Crippen LogP contribution in [0.5, 0.6) is 0 Å². The van der Waals surface area contributed by atoms with E-state index < -0.39 is 17.4 Å². The molecule has 5 heteroatoms. The van der Waals surface area contributed by atoms with E-state index in [1.165, 1.54) is 0 Å². The van der Waals surface area contributed by atoms with E-state index in [2.05, 4.69) is 0 Å². The summed E-state index contributed by atoms with van der Waals surface area (Å²) in [5, 5.41) is 18.3. The molecule has 2 N–H and O–H groups in total. The average molecular weight is 254 g/mol. The molecule has 0 aromatic rings. The van der Waals surface area contributed by atoms with Gasteiger partial charge in [0, 0.05) is 0 Å². The van der Waals surface area contributed by atoms with Gasteiger partial charge < -0.3 is 10.2 Å². The summed E-state index contributed by atoms with van der Waals surface area (Å²) in [5.41, 5.74) is -1.56. The minimum absolute atomic E-state index is 0. The first-order valence-corrected chi connectivity index (χ1v) is 5.52. The zero-order valence-corrected chi connectivity index (χ0v) is 9.03. The first-order chi connectivity index (χ1) is 7.05. The van der Waals surface area contributed by atoms with Crippen LogP contribution < -0.4 is 0 Å². The Hall–Kier alpha value is 0.576. The molecule has 0 heterocycles. The van der Waals surface area contributed by atoms with Crippen LogP contribution in [0.2, 0.25) is 0 Å². The summed E-state index contributed by atoms with van der Waals surface area (Å²) in [6.07, 6.45) is 4.62. The van der Waals surface area contributed by atoms with E-state index in [0.29, 0.717) is 0 Å². The molecular weight excluding hydrogens is 235 g/mol. The van der Waals surface area contributed by atoms with E-state index in [9.17, 15) is 9.59 Å². The van der Waals surface area contributed by atoms with Gasteiger partial charge in [-0.25, -0.2) is 0 Å². The van der Waals surface area contributed by atoms with Crippen LogP contribution in [0.3, 0.4) is 0 Å². The molecule has 16 heavy (non-hydrogen) atoms. The number of aliphatic carboxylic acids is 2. The fraction of sp³-hybridized carbons (Fsp3) is 0.818. The third kappa shape index (κ3) is 3.07. The Bertz CT molecular complexity index is 245. The third-order valence-corrected chi connectivity index (χ3v) is 3.62. The summed E-state index contributed by atoms with van der Waals surface area (Å²) in [4.78, 5) is 22.4. The Morgan fingerprint density at radius 1 is 1.12 bits per heavy atom. The molecule has 1 aliphatic rings. The second-order valence-corrected chi connectivity index (χ2v) is 4.27. The molecule has 4 nitrogen and oxygen atoms in total. The molecule has 0 radical (unpaired) electrons. The summed E-state index contributed by atoms with van der Waals surface area (Å²) >= 11 is 0. The monoisotopic (exact) mass is 254 g/mol. The van der Waals surface area contributed by atoms with Crippen molar-refractivity contribution >= 4 is 63.3 Å². The van der Waals surface area contributed by atoms with E-state index in [-0.39, 0.29) is 63.7 Å². The number of hydrogen-bond donors (Lipinski definition) is 2. The molecule has 0 aromatic carbocycles. The molecule has 0 spiro atoms. The number of rotatable bonds is 4. The Balaban J connectivity index is 0.00000225. The second-order valence-electron chi connectivity index (χ2n) is 4.27. The van der Waals surface area contributed by atoms with Crippen LogP contribution in [0.15, 0.2) is 0 Å². The van der Waals surface area contributed by atoms with Crippen molar-refractivity contribution in [2.24, 2.45) is 11.3 Å². The van der Waals surface area contributed by atoms with Gasteiger partial charge in [0.25, 0.3) is 0 Å². The molecule has 0 unspecified atom stereocenters. The molecule has 1 saturated carbocycles. The van der Waals surface area contributed by atoms with Gasteiger partial charge in [-0.05, 0) is 25.2 Å². The number of carboxylic acids is 2. The zero-order chi connectivity index (χ0) is 11.5. The molecule has 0 atom stereocenters. The van der Waals surface area contributed by atoms with Crippen molar-refractivity contribution < 1.29 is 19.8 Å². The molecule has 0 saturated heterocycles. The molecule has 0 aliphatic heterocycles. The van der Waals surface area contributed by atoms with Crippen LogP contribution in [0.1, 0.15) is 45.4 Å². The predicted molar refractivity (Wildman–Crippen MR) is 61.7 cm³/mol. The van der Waals surface area contributed by atoms with E-state index in [4.69, 9.17) is 10.2 Å². The summed E-state index contributed by atoms with van der Waals surface area (Å²) in [6.45, 7) is 1.65. The van der Waals surface area contributed by atoms with Crippen LogP contribution in [0.4, 0.5) is 0 Å². The predicted octanol–water partition coefficient (Wildman–Crippen LogP) is 1.48. The standard InChI is InChI=1S/C11H18O4.K.H/c1-2-11(9(12)13,10(14)15)8-6-4-3-5-7-8;;/h8H,2-7H2,1H3,(H,12,13)(H,14,15);;. The van der Waals surface area contributed by atoms with Crippen LogP contribution in [0.25, 0.3) is 0 Å². The quantitative estimate of drug-likeness (QED) is 0.588. The van der Waals surface area contributed by atoms with Gasteiger partial charge in [-0.3, -0.25) is 9.59 Å². The van der Waals surface area contributed by atoms with Gasteiger partial charge >= 0.3 is 63.3 Å². The van der Waals surface area contributed by atoms with Gasteiger partial charge in [0.2, 0.25) is 0 Å². The van der Waals surface area contributed by atoms with Gasteiger partial charge in [0.15, 0.2) is 5.41 Å². The molecule has 1 rings (SSSR count). The first-order valence-electron chi connectivity index (χ1n) is 5.52. The van der Waals surface area contributed by atoms with Crippen LogP contribution in [-0.2, 0) is 9.59 Å². The SMILES string of the molecule is CCC(C(=O)O)(C(=O)O)C1CCCCC1.[KH]. The zero-order valence-electron chi connectivity index (χ0n) is 9.03. The van der Waals surface area contributed by atoms with Crippen molar-refractivity contribution in [3.63, 3.8) is 0 Å². The van der Waals surface area contributed by atoms with Gasteiger partial charge in [-0.1, -0.05) is 26.2 Å². The van der Waals surface area contributed by atoms with Crippen LogP contribution in [-0.4, -0.2) is 73.5 Å². The topological polar surface area (TPSA) is 74.6 Å². The maximum atomic E-state index is 11.2. The second kappa shape index (κ2) is 7.11. The summed E-state index contributed by atoms with van der Waals surface area (Å²) in [7, 11) is 0. The summed E-state index contributed by atoms with van der Waals surface area (Å²) in [6, 6.07) is 0. The van der Waals surface area contributed by atoms with Crippen molar-refractivity contribution in [3.8, 4) is 0 Å². The molecular formula is C11H19KO4. The number of hydrogen-bond acceptors (Lipinski definition) is 2. The molecule has 0 aromatic heterocycles. The maximum absolute atomic E-state index is 11.2. The van der Waals surface area contributed by atoms with Gasteiger partial charge in [0.1, 0.15) is 0 Å². The number of carboxylic acid groups (broad SMARTS) is 2. The molecule has 1 aliphatic carbocycles. The van der Waals surface area contributed by atoms with E-state index in [0.717, 1.165) is 32.1 Å². The Kier molecular flexibility index (Phi) is 7.37. The molecule has 0 bridgehead atoms. The average Bonchev–Trinajstić information content (AvgIpc) is 2.20. The van der Waals surface area contributed by atoms with E-state index in [1.54, 1.807) is 6.92 Å². The molecule has 88 valence electrons. The normalized spacial score (nSPS) is 17.6. The number of carbonyl (C=O) groups is 2. The van der Waals surface area contributed by atoms with Crippen LogP contribution in [0, 0.1) is 11.3 Å².